The molecule has 0 aromatic rings. The zero-order valence-electron chi connectivity index (χ0n) is 10.6. The summed E-state index contributed by atoms with van der Waals surface area (Å²) in [4.78, 5) is 13.9. The minimum Gasteiger partial charge on any atom is -0.360 e. The van der Waals surface area contributed by atoms with E-state index in [0.29, 0.717) is 32.2 Å². The van der Waals surface area contributed by atoms with Crippen molar-refractivity contribution in [3.05, 3.63) is 0 Å². The molecule has 2 atom stereocenters. The van der Waals surface area contributed by atoms with Gasteiger partial charge in [0.25, 0.3) is 0 Å². The Bertz CT molecular complexity index is 299. The zero-order valence-corrected chi connectivity index (χ0v) is 10.6. The Kier molecular flexibility index (Phi) is 5.39. The first-order valence-electron chi connectivity index (χ1n) is 6.08. The third kappa shape index (κ3) is 3.99. The first-order chi connectivity index (χ1) is 8.08. The van der Waals surface area contributed by atoms with E-state index in [4.69, 9.17) is 15.7 Å². The highest BCUT2D eigenvalue weighted by Gasteiger charge is 2.28. The van der Waals surface area contributed by atoms with Crippen molar-refractivity contribution >= 4 is 5.91 Å². The number of nitrogens with zero attached hydrogens (tertiary/aromatic N) is 2. The molecule has 1 heterocycles. The maximum absolute atomic E-state index is 12.2. The second-order valence-electron chi connectivity index (χ2n) is 4.83. The molecule has 2 unspecified atom stereocenters. The largest absolute Gasteiger partial charge is 0.360 e. The van der Waals surface area contributed by atoms with Gasteiger partial charge >= 0.3 is 0 Å². The van der Waals surface area contributed by atoms with E-state index in [-0.39, 0.29) is 11.8 Å². The first kappa shape index (κ1) is 13.9. The minimum absolute atomic E-state index is 0.0600. The van der Waals surface area contributed by atoms with Crippen molar-refractivity contribution in [3.63, 3.8) is 0 Å². The minimum atomic E-state index is -0.495. The maximum Gasteiger partial charge on any atom is 0.227 e. The number of nitriles is 1. The van der Waals surface area contributed by atoms with E-state index in [1.54, 1.807) is 4.90 Å². The number of amides is 1. The lowest BCUT2D eigenvalue weighted by Crippen LogP contribution is -2.48. The number of morpholine rings is 1. The summed E-state index contributed by atoms with van der Waals surface area (Å²) in [6, 6.07) is 2.04. The molecule has 1 amide bonds. The van der Waals surface area contributed by atoms with Gasteiger partial charge in [-0.05, 0) is 12.3 Å². The molecule has 0 radical (unpaired) electrons. The quantitative estimate of drug-likeness (QED) is 0.768. The summed E-state index contributed by atoms with van der Waals surface area (Å²) in [7, 11) is 0. The van der Waals surface area contributed by atoms with E-state index in [1.165, 1.54) is 0 Å². The van der Waals surface area contributed by atoms with Gasteiger partial charge in [-0.1, -0.05) is 13.8 Å². The van der Waals surface area contributed by atoms with Gasteiger partial charge < -0.3 is 15.4 Å². The molecular formula is C12H21N3O2. The van der Waals surface area contributed by atoms with Gasteiger partial charge in [-0.2, -0.15) is 5.26 Å². The van der Waals surface area contributed by atoms with Crippen molar-refractivity contribution in [2.75, 3.05) is 26.2 Å². The molecular weight excluding hydrogens is 218 g/mol. The van der Waals surface area contributed by atoms with Crippen LogP contribution >= 0.6 is 0 Å². The van der Waals surface area contributed by atoms with Crippen LogP contribution in [0.25, 0.3) is 0 Å². The SMILES string of the molecule is CC(C)CC(CN)C(=O)N1CCOC(C#N)C1. The number of hydrogen-bond acceptors (Lipinski definition) is 4. The molecule has 0 aromatic heterocycles. The number of rotatable bonds is 4. The van der Waals surface area contributed by atoms with Gasteiger partial charge in [0, 0.05) is 13.1 Å². The van der Waals surface area contributed by atoms with Crippen molar-refractivity contribution in [1.29, 1.82) is 5.26 Å². The summed E-state index contributed by atoms with van der Waals surface area (Å²) in [6.07, 6.45) is 0.300. The Morgan fingerprint density at radius 3 is 2.88 bits per heavy atom. The fraction of sp³-hybridized carbons (Fsp3) is 0.833. The van der Waals surface area contributed by atoms with Gasteiger partial charge in [-0.3, -0.25) is 4.79 Å². The van der Waals surface area contributed by atoms with Crippen LogP contribution in [0.3, 0.4) is 0 Å². The van der Waals surface area contributed by atoms with Crippen LogP contribution in [0.2, 0.25) is 0 Å². The second-order valence-corrected chi connectivity index (χ2v) is 4.83. The van der Waals surface area contributed by atoms with Crippen molar-refractivity contribution in [2.24, 2.45) is 17.6 Å². The summed E-state index contributed by atoms with van der Waals surface area (Å²) >= 11 is 0. The van der Waals surface area contributed by atoms with Crippen LogP contribution in [-0.2, 0) is 9.53 Å². The summed E-state index contributed by atoms with van der Waals surface area (Å²) in [6.45, 7) is 5.88. The van der Waals surface area contributed by atoms with Gasteiger partial charge in [-0.15, -0.1) is 0 Å². The molecule has 0 aliphatic carbocycles. The van der Waals surface area contributed by atoms with Crippen LogP contribution in [0.1, 0.15) is 20.3 Å². The van der Waals surface area contributed by atoms with Gasteiger partial charge in [0.1, 0.15) is 0 Å². The van der Waals surface area contributed by atoms with Crippen LogP contribution in [0.5, 0.6) is 0 Å². The van der Waals surface area contributed by atoms with Crippen LogP contribution in [0.15, 0.2) is 0 Å². The first-order valence-corrected chi connectivity index (χ1v) is 6.08. The number of hydrogen-bond donors (Lipinski definition) is 1. The maximum atomic E-state index is 12.2. The van der Waals surface area contributed by atoms with Crippen molar-refractivity contribution in [1.82, 2.24) is 4.90 Å². The van der Waals surface area contributed by atoms with E-state index in [0.717, 1.165) is 6.42 Å². The molecule has 1 saturated heterocycles. The monoisotopic (exact) mass is 239 g/mol. The third-order valence-electron chi connectivity index (χ3n) is 2.91. The predicted octanol–water partition coefficient (Wildman–Crippen LogP) is 0.358. The number of nitrogens with two attached hydrogens (primary N) is 1. The number of carbonyl (C=O) groups excluding carboxylic acids is 1. The predicted molar refractivity (Wildman–Crippen MR) is 63.9 cm³/mol. The number of ether oxygens (including phenoxy) is 1. The number of carbonyl (C=O) groups is 1. The Hall–Kier alpha value is -1.12. The lowest BCUT2D eigenvalue weighted by molar-refractivity contribution is -0.141. The highest BCUT2D eigenvalue weighted by Crippen LogP contribution is 2.15. The fourth-order valence-electron chi connectivity index (χ4n) is 2.05. The summed E-state index contributed by atoms with van der Waals surface area (Å²) in [5.41, 5.74) is 5.65. The molecule has 0 aromatic carbocycles. The van der Waals surface area contributed by atoms with E-state index in [1.807, 2.05) is 6.07 Å². The van der Waals surface area contributed by atoms with E-state index < -0.39 is 6.10 Å². The second kappa shape index (κ2) is 6.58. The fourth-order valence-corrected chi connectivity index (χ4v) is 2.05. The molecule has 1 fully saturated rings. The molecule has 96 valence electrons. The van der Waals surface area contributed by atoms with Crippen LogP contribution < -0.4 is 5.73 Å². The average Bonchev–Trinajstić information content (AvgIpc) is 2.35. The van der Waals surface area contributed by atoms with E-state index in [2.05, 4.69) is 13.8 Å². The molecule has 1 aliphatic heterocycles. The molecule has 17 heavy (non-hydrogen) atoms. The van der Waals surface area contributed by atoms with E-state index in [9.17, 15) is 4.79 Å². The van der Waals surface area contributed by atoms with Crippen LogP contribution in [0, 0.1) is 23.2 Å². The van der Waals surface area contributed by atoms with Gasteiger partial charge in [0.05, 0.1) is 25.1 Å². The Balaban J connectivity index is 2.58. The molecule has 1 rings (SSSR count). The molecule has 5 heteroatoms. The molecule has 0 saturated carbocycles. The summed E-state index contributed by atoms with van der Waals surface area (Å²) < 4.78 is 5.22. The molecule has 1 aliphatic rings. The normalized spacial score (nSPS) is 22.3. The summed E-state index contributed by atoms with van der Waals surface area (Å²) in [5.74, 6) is 0.373. The smallest absolute Gasteiger partial charge is 0.227 e. The van der Waals surface area contributed by atoms with Gasteiger partial charge in [-0.25, -0.2) is 0 Å². The van der Waals surface area contributed by atoms with Crippen molar-refractivity contribution < 1.29 is 9.53 Å². The Morgan fingerprint density at radius 1 is 1.65 bits per heavy atom. The molecule has 0 bridgehead atoms. The topological polar surface area (TPSA) is 79.3 Å². The molecule has 2 N–H and O–H groups in total. The lowest BCUT2D eigenvalue weighted by atomic mass is 9.95. The molecule has 0 spiro atoms. The highest BCUT2D eigenvalue weighted by molar-refractivity contribution is 5.79. The van der Waals surface area contributed by atoms with E-state index >= 15 is 0 Å². The van der Waals surface area contributed by atoms with Gasteiger partial charge in [0.15, 0.2) is 6.10 Å². The summed E-state index contributed by atoms with van der Waals surface area (Å²) in [5, 5.41) is 8.79. The average molecular weight is 239 g/mol. The van der Waals surface area contributed by atoms with Crippen LogP contribution in [0.4, 0.5) is 0 Å². The van der Waals surface area contributed by atoms with Crippen LogP contribution in [-0.4, -0.2) is 43.2 Å². The standard InChI is InChI=1S/C12H21N3O2/c1-9(2)5-10(6-13)12(16)15-3-4-17-11(7-14)8-15/h9-11H,3-6,8,13H2,1-2H3. The Labute approximate surface area is 103 Å². The van der Waals surface area contributed by atoms with Crippen molar-refractivity contribution in [3.8, 4) is 6.07 Å². The zero-order chi connectivity index (χ0) is 12.8. The van der Waals surface area contributed by atoms with Gasteiger partial charge in [0.2, 0.25) is 5.91 Å². The highest BCUT2D eigenvalue weighted by atomic mass is 16.5. The van der Waals surface area contributed by atoms with Crippen molar-refractivity contribution in [2.45, 2.75) is 26.4 Å². The lowest BCUT2D eigenvalue weighted by Gasteiger charge is -2.32. The third-order valence-corrected chi connectivity index (χ3v) is 2.91. The Morgan fingerprint density at radius 2 is 2.35 bits per heavy atom. The molecule has 5 nitrogen and oxygen atoms in total.